The van der Waals surface area contributed by atoms with E-state index in [0.29, 0.717) is 5.57 Å². The number of allylic oxidation sites excluding steroid dienone is 2. The second-order valence-electron chi connectivity index (χ2n) is 2.44. The highest BCUT2D eigenvalue weighted by Gasteiger charge is 1.97. The zero-order valence-corrected chi connectivity index (χ0v) is 8.31. The molecule has 0 fully saturated rings. The summed E-state index contributed by atoms with van der Waals surface area (Å²) in [6.45, 7) is 0. The number of amidine groups is 1. The summed E-state index contributed by atoms with van der Waals surface area (Å²) in [5, 5.41) is 27.2. The first-order valence-corrected chi connectivity index (χ1v) is 4.07. The minimum atomic E-state index is 0.189. The van der Waals surface area contributed by atoms with Crippen LogP contribution in [0, 0.1) is 16.2 Å². The van der Waals surface area contributed by atoms with Crippen LogP contribution in [0.25, 0.3) is 0 Å². The van der Waals surface area contributed by atoms with Crippen molar-refractivity contribution in [1.29, 1.82) is 16.2 Å². The third-order valence-corrected chi connectivity index (χ3v) is 1.45. The first-order valence-electron chi connectivity index (χ1n) is 4.07. The van der Waals surface area contributed by atoms with Crippen LogP contribution in [0.1, 0.15) is 0 Å². The molecule has 14 heavy (non-hydrogen) atoms. The fourth-order valence-corrected chi connectivity index (χ4v) is 0.699. The third-order valence-electron chi connectivity index (χ3n) is 1.45. The standard InChI is InChI=1S/C9H15N5/c1-13-6-7(5-10)8(11)3-4-9(12)14-2/h3-6,10-11,13H,1-2H3,(H2,12,14)/b4-3-,7-6+,10-5?,11-8?. The first-order chi connectivity index (χ1) is 6.65. The predicted molar refractivity (Wildman–Crippen MR) is 59.6 cm³/mol. The molecule has 5 nitrogen and oxygen atoms in total. The Hall–Kier alpha value is -1.91. The van der Waals surface area contributed by atoms with Crippen molar-refractivity contribution in [3.63, 3.8) is 0 Å². The Bertz CT molecular complexity index is 288. The van der Waals surface area contributed by atoms with Crippen molar-refractivity contribution in [2.75, 3.05) is 14.1 Å². The normalized spacial score (nSPS) is 11.1. The molecule has 0 aliphatic carbocycles. The second-order valence-corrected chi connectivity index (χ2v) is 2.44. The first kappa shape index (κ1) is 12.1. The van der Waals surface area contributed by atoms with Gasteiger partial charge in [0.1, 0.15) is 5.84 Å². The summed E-state index contributed by atoms with van der Waals surface area (Å²) < 4.78 is 0. The summed E-state index contributed by atoms with van der Waals surface area (Å²) in [7, 11) is 3.34. The molecule has 0 heterocycles. The molecule has 0 aliphatic heterocycles. The molecule has 0 bridgehead atoms. The summed E-state index contributed by atoms with van der Waals surface area (Å²) in [4.78, 5) is 0. The Morgan fingerprint density at radius 2 is 1.79 bits per heavy atom. The molecule has 0 rings (SSSR count). The van der Waals surface area contributed by atoms with Crippen LogP contribution < -0.4 is 10.6 Å². The SMILES string of the molecule is CN/C=C(\C=N)C(=N)/C=C\C(=N)NC. The maximum Gasteiger partial charge on any atom is 0.117 e. The van der Waals surface area contributed by atoms with E-state index >= 15 is 0 Å². The van der Waals surface area contributed by atoms with Gasteiger partial charge < -0.3 is 21.5 Å². The van der Waals surface area contributed by atoms with Crippen molar-refractivity contribution in [1.82, 2.24) is 10.6 Å². The summed E-state index contributed by atoms with van der Waals surface area (Å²) in [5.74, 6) is 0.225. The molecular formula is C9H15N5. The largest absolute Gasteiger partial charge is 0.393 e. The maximum atomic E-state index is 7.55. The van der Waals surface area contributed by atoms with Crippen molar-refractivity contribution in [2.24, 2.45) is 0 Å². The fourth-order valence-electron chi connectivity index (χ4n) is 0.699. The van der Waals surface area contributed by atoms with Crippen LogP contribution in [-0.4, -0.2) is 31.9 Å². The number of hydrogen-bond donors (Lipinski definition) is 5. The molecule has 0 aliphatic rings. The Labute approximate surface area is 83.4 Å². The monoisotopic (exact) mass is 193 g/mol. The molecule has 0 aromatic heterocycles. The lowest BCUT2D eigenvalue weighted by atomic mass is 10.1. The van der Waals surface area contributed by atoms with Gasteiger partial charge in [0.05, 0.1) is 5.71 Å². The number of likely N-dealkylation sites (N-methyl/N-ethyl adjacent to an activating group) is 1. The molecular weight excluding hydrogens is 178 g/mol. The molecule has 0 unspecified atom stereocenters. The highest BCUT2D eigenvalue weighted by molar-refractivity contribution is 6.20. The minimum absolute atomic E-state index is 0.189. The molecule has 5 heteroatoms. The molecule has 0 spiro atoms. The minimum Gasteiger partial charge on any atom is -0.393 e. The van der Waals surface area contributed by atoms with E-state index in [-0.39, 0.29) is 11.5 Å². The fraction of sp³-hybridized carbons (Fsp3) is 0.222. The lowest BCUT2D eigenvalue weighted by molar-refractivity contribution is 1.10. The topological polar surface area (TPSA) is 95.6 Å². The van der Waals surface area contributed by atoms with E-state index in [2.05, 4.69) is 10.6 Å². The Kier molecular flexibility index (Phi) is 5.69. The van der Waals surface area contributed by atoms with Gasteiger partial charge in [0.2, 0.25) is 0 Å². The maximum absolute atomic E-state index is 7.55. The van der Waals surface area contributed by atoms with E-state index in [1.165, 1.54) is 12.2 Å². The average Bonchev–Trinajstić information content (AvgIpc) is 2.21. The van der Waals surface area contributed by atoms with Crippen LogP contribution >= 0.6 is 0 Å². The van der Waals surface area contributed by atoms with E-state index in [1.807, 2.05) is 0 Å². The average molecular weight is 193 g/mol. The third kappa shape index (κ3) is 4.20. The van der Waals surface area contributed by atoms with Gasteiger partial charge in [-0.3, -0.25) is 5.41 Å². The van der Waals surface area contributed by atoms with Gasteiger partial charge in [-0.1, -0.05) is 0 Å². The number of nitrogens with one attached hydrogen (secondary N) is 5. The molecule has 0 aromatic rings. The summed E-state index contributed by atoms with van der Waals surface area (Å²) in [6.07, 6.45) is 5.58. The highest BCUT2D eigenvalue weighted by atomic mass is 14.9. The van der Waals surface area contributed by atoms with Gasteiger partial charge in [-0.15, -0.1) is 0 Å². The van der Waals surface area contributed by atoms with Gasteiger partial charge in [-0.05, 0) is 12.2 Å². The summed E-state index contributed by atoms with van der Waals surface area (Å²) in [5.41, 5.74) is 0.655. The van der Waals surface area contributed by atoms with E-state index < -0.39 is 0 Å². The van der Waals surface area contributed by atoms with Crippen LogP contribution in [0.3, 0.4) is 0 Å². The van der Waals surface area contributed by atoms with Gasteiger partial charge in [-0.25, -0.2) is 0 Å². The highest BCUT2D eigenvalue weighted by Crippen LogP contribution is 1.93. The number of rotatable bonds is 5. The zero-order valence-electron chi connectivity index (χ0n) is 8.31. The van der Waals surface area contributed by atoms with Crippen molar-refractivity contribution >= 4 is 17.8 Å². The molecule has 0 saturated heterocycles. The molecule has 0 aromatic carbocycles. The lowest BCUT2D eigenvalue weighted by Gasteiger charge is -1.99. The van der Waals surface area contributed by atoms with Crippen LogP contribution in [-0.2, 0) is 0 Å². The zero-order chi connectivity index (χ0) is 11.0. The molecule has 0 saturated carbocycles. The second kappa shape index (κ2) is 6.59. The molecule has 76 valence electrons. The van der Waals surface area contributed by atoms with Gasteiger partial charge in [0.25, 0.3) is 0 Å². The summed E-state index contributed by atoms with van der Waals surface area (Å²) in [6, 6.07) is 0. The number of hydrogen-bond acceptors (Lipinski definition) is 4. The van der Waals surface area contributed by atoms with Crippen LogP contribution in [0.5, 0.6) is 0 Å². The Morgan fingerprint density at radius 1 is 1.14 bits per heavy atom. The quantitative estimate of drug-likeness (QED) is 0.325. The van der Waals surface area contributed by atoms with Crippen molar-refractivity contribution in [3.8, 4) is 0 Å². The van der Waals surface area contributed by atoms with Crippen molar-refractivity contribution < 1.29 is 0 Å². The van der Waals surface area contributed by atoms with Gasteiger partial charge in [-0.2, -0.15) is 0 Å². The van der Waals surface area contributed by atoms with Gasteiger partial charge in [0, 0.05) is 32.1 Å². The van der Waals surface area contributed by atoms with E-state index in [1.54, 1.807) is 20.3 Å². The van der Waals surface area contributed by atoms with E-state index in [0.717, 1.165) is 6.21 Å². The lowest BCUT2D eigenvalue weighted by Crippen LogP contribution is -2.14. The van der Waals surface area contributed by atoms with Crippen LogP contribution in [0.15, 0.2) is 23.9 Å². The summed E-state index contributed by atoms with van der Waals surface area (Å²) >= 11 is 0. The molecule has 0 amide bonds. The van der Waals surface area contributed by atoms with Crippen LogP contribution in [0.4, 0.5) is 0 Å². The predicted octanol–water partition coefficient (Wildman–Crippen LogP) is 0.512. The molecule has 0 radical (unpaired) electrons. The van der Waals surface area contributed by atoms with Crippen molar-refractivity contribution in [2.45, 2.75) is 0 Å². The van der Waals surface area contributed by atoms with Crippen LogP contribution in [0.2, 0.25) is 0 Å². The molecule has 0 atom stereocenters. The molecule has 5 N–H and O–H groups in total. The van der Waals surface area contributed by atoms with E-state index in [4.69, 9.17) is 16.2 Å². The van der Waals surface area contributed by atoms with Gasteiger partial charge >= 0.3 is 0 Å². The Balaban J connectivity index is 4.47. The van der Waals surface area contributed by atoms with E-state index in [9.17, 15) is 0 Å². The van der Waals surface area contributed by atoms with Gasteiger partial charge in [0.15, 0.2) is 0 Å². The van der Waals surface area contributed by atoms with Crippen molar-refractivity contribution in [3.05, 3.63) is 23.9 Å². The Morgan fingerprint density at radius 3 is 2.21 bits per heavy atom. The smallest absolute Gasteiger partial charge is 0.117 e.